The van der Waals surface area contributed by atoms with Gasteiger partial charge in [0.05, 0.1) is 10.2 Å². The van der Waals surface area contributed by atoms with Crippen LogP contribution in [0.5, 0.6) is 0 Å². The summed E-state index contributed by atoms with van der Waals surface area (Å²) in [6, 6.07) is 5.59. The fraction of sp³-hybridized carbons (Fsp3) is 0.286. The van der Waals surface area contributed by atoms with E-state index in [-0.39, 0.29) is 0 Å². The van der Waals surface area contributed by atoms with Crippen molar-refractivity contribution in [2.24, 2.45) is 0 Å². The number of aryl methyl sites for hydroxylation is 1. The Balaban J connectivity index is 2.48. The first-order valence-electron chi connectivity index (χ1n) is 6.26. The van der Waals surface area contributed by atoms with E-state index >= 15 is 0 Å². The zero-order valence-electron chi connectivity index (χ0n) is 11.2. The van der Waals surface area contributed by atoms with Gasteiger partial charge in [-0.25, -0.2) is 9.97 Å². The van der Waals surface area contributed by atoms with E-state index in [1.807, 2.05) is 25.1 Å². The van der Waals surface area contributed by atoms with Crippen LogP contribution in [0.4, 0.5) is 5.82 Å². The van der Waals surface area contributed by atoms with Crippen molar-refractivity contribution in [3.05, 3.63) is 37.9 Å². The van der Waals surface area contributed by atoms with Gasteiger partial charge in [0.15, 0.2) is 5.82 Å². The third-order valence-electron chi connectivity index (χ3n) is 2.73. The van der Waals surface area contributed by atoms with Crippen LogP contribution in [0.2, 0.25) is 5.02 Å². The molecule has 2 rings (SSSR count). The highest BCUT2D eigenvalue weighted by atomic mass is 79.9. The van der Waals surface area contributed by atoms with E-state index in [1.54, 1.807) is 0 Å². The molecule has 0 atom stereocenters. The summed E-state index contributed by atoms with van der Waals surface area (Å²) in [6.07, 6.45) is 1.04. The number of anilines is 1. The van der Waals surface area contributed by atoms with Crippen LogP contribution in [-0.2, 0) is 0 Å². The third kappa shape index (κ3) is 3.51. The molecule has 3 nitrogen and oxygen atoms in total. The average Bonchev–Trinajstić information content (AvgIpc) is 2.40. The van der Waals surface area contributed by atoms with Crippen molar-refractivity contribution in [3.63, 3.8) is 0 Å². The quantitative estimate of drug-likeness (QED) is 0.716. The molecule has 1 N–H and O–H groups in total. The van der Waals surface area contributed by atoms with Gasteiger partial charge in [-0.05, 0) is 63.4 Å². The van der Waals surface area contributed by atoms with Crippen molar-refractivity contribution in [2.75, 3.05) is 11.9 Å². The maximum atomic E-state index is 5.97. The van der Waals surface area contributed by atoms with E-state index in [0.717, 1.165) is 39.0 Å². The summed E-state index contributed by atoms with van der Waals surface area (Å²) in [7, 11) is 0. The van der Waals surface area contributed by atoms with Crippen LogP contribution in [0.1, 0.15) is 19.0 Å². The molecule has 2 aromatic rings. The van der Waals surface area contributed by atoms with Gasteiger partial charge in [0.2, 0.25) is 0 Å². The molecular weight excluding hydrogens is 405 g/mol. The Morgan fingerprint density at radius 2 is 2.00 bits per heavy atom. The van der Waals surface area contributed by atoms with Gasteiger partial charge in [-0.3, -0.25) is 0 Å². The molecule has 1 aromatic carbocycles. The van der Waals surface area contributed by atoms with Crippen molar-refractivity contribution < 1.29 is 0 Å². The van der Waals surface area contributed by atoms with Gasteiger partial charge >= 0.3 is 0 Å². The number of hydrogen-bond donors (Lipinski definition) is 1. The van der Waals surface area contributed by atoms with E-state index < -0.39 is 0 Å². The number of halogens is 3. The van der Waals surface area contributed by atoms with Crippen molar-refractivity contribution in [2.45, 2.75) is 20.3 Å². The lowest BCUT2D eigenvalue weighted by molar-refractivity contribution is 0.958. The largest absolute Gasteiger partial charge is 0.369 e. The fourth-order valence-electron chi connectivity index (χ4n) is 1.71. The normalized spacial score (nSPS) is 10.7. The molecule has 106 valence electrons. The van der Waals surface area contributed by atoms with Crippen LogP contribution in [-0.4, -0.2) is 16.5 Å². The van der Waals surface area contributed by atoms with Crippen molar-refractivity contribution in [1.29, 1.82) is 0 Å². The monoisotopic (exact) mass is 417 g/mol. The SMILES string of the molecule is CCCNc1nc(-c2ccc(Cl)cc2Br)nc(C)c1Br. The standard InChI is InChI=1S/C14H14Br2ClN3/c1-3-6-18-14-12(16)8(2)19-13(20-14)10-5-4-9(17)7-11(10)15/h4-5,7H,3,6H2,1-2H3,(H,18,19,20). The average molecular weight is 420 g/mol. The summed E-state index contributed by atoms with van der Waals surface area (Å²) in [5.74, 6) is 1.49. The van der Waals surface area contributed by atoms with Gasteiger partial charge in [0.25, 0.3) is 0 Å². The lowest BCUT2D eigenvalue weighted by Gasteiger charge is -2.11. The van der Waals surface area contributed by atoms with Gasteiger partial charge < -0.3 is 5.32 Å². The molecule has 1 heterocycles. The van der Waals surface area contributed by atoms with Gasteiger partial charge in [-0.1, -0.05) is 18.5 Å². The molecule has 0 saturated heterocycles. The zero-order valence-corrected chi connectivity index (χ0v) is 15.1. The van der Waals surface area contributed by atoms with Crippen molar-refractivity contribution in [1.82, 2.24) is 9.97 Å². The van der Waals surface area contributed by atoms with Crippen LogP contribution in [0.15, 0.2) is 27.1 Å². The summed E-state index contributed by atoms with van der Waals surface area (Å²) in [6.45, 7) is 4.94. The molecule has 0 bridgehead atoms. The Morgan fingerprint density at radius 3 is 2.65 bits per heavy atom. The maximum Gasteiger partial charge on any atom is 0.162 e. The van der Waals surface area contributed by atoms with Gasteiger partial charge in [-0.2, -0.15) is 0 Å². The molecule has 0 spiro atoms. The summed E-state index contributed by atoms with van der Waals surface area (Å²) in [5.41, 5.74) is 1.82. The molecule has 0 radical (unpaired) electrons. The lowest BCUT2D eigenvalue weighted by Crippen LogP contribution is -2.06. The molecule has 1 aromatic heterocycles. The summed E-state index contributed by atoms with van der Waals surface area (Å²) >= 11 is 13.0. The number of nitrogens with one attached hydrogen (secondary N) is 1. The first-order valence-corrected chi connectivity index (χ1v) is 8.22. The van der Waals surface area contributed by atoms with E-state index in [4.69, 9.17) is 11.6 Å². The Kier molecular flexibility index (Phi) is 5.41. The highest BCUT2D eigenvalue weighted by Crippen LogP contribution is 2.32. The van der Waals surface area contributed by atoms with Crippen LogP contribution < -0.4 is 5.32 Å². The van der Waals surface area contributed by atoms with Gasteiger partial charge in [0, 0.05) is 21.6 Å². The van der Waals surface area contributed by atoms with E-state index in [1.165, 1.54) is 0 Å². The predicted molar refractivity (Wildman–Crippen MR) is 91.4 cm³/mol. The minimum Gasteiger partial charge on any atom is -0.369 e. The molecule has 0 aliphatic rings. The molecule has 0 aliphatic heterocycles. The van der Waals surface area contributed by atoms with Crippen LogP contribution >= 0.6 is 43.5 Å². The minimum absolute atomic E-state index is 0.674. The number of hydrogen-bond acceptors (Lipinski definition) is 3. The first kappa shape index (κ1) is 15.7. The number of aromatic nitrogens is 2. The number of nitrogens with zero attached hydrogens (tertiary/aromatic N) is 2. The maximum absolute atomic E-state index is 5.97. The van der Waals surface area contributed by atoms with E-state index in [2.05, 4.69) is 54.1 Å². The van der Waals surface area contributed by atoms with Crippen molar-refractivity contribution in [3.8, 4) is 11.4 Å². The first-order chi connectivity index (χ1) is 9.52. The molecule has 0 saturated carbocycles. The molecule has 20 heavy (non-hydrogen) atoms. The molecule has 0 amide bonds. The Morgan fingerprint density at radius 1 is 1.25 bits per heavy atom. The van der Waals surface area contributed by atoms with Gasteiger partial charge in [-0.15, -0.1) is 0 Å². The third-order valence-corrected chi connectivity index (χ3v) is 4.57. The number of benzene rings is 1. The smallest absolute Gasteiger partial charge is 0.162 e. The van der Waals surface area contributed by atoms with Crippen molar-refractivity contribution >= 4 is 49.3 Å². The fourth-order valence-corrected chi connectivity index (χ4v) is 2.89. The molecule has 0 aliphatic carbocycles. The second kappa shape index (κ2) is 6.87. The van der Waals surface area contributed by atoms with Gasteiger partial charge in [0.1, 0.15) is 5.82 Å². The molecule has 0 fully saturated rings. The topological polar surface area (TPSA) is 37.8 Å². The Hall–Kier alpha value is -0.650. The van der Waals surface area contributed by atoms with Crippen LogP contribution in [0, 0.1) is 6.92 Å². The highest BCUT2D eigenvalue weighted by molar-refractivity contribution is 9.11. The Labute approximate surface area is 140 Å². The number of rotatable bonds is 4. The summed E-state index contributed by atoms with van der Waals surface area (Å²) in [5, 5.41) is 3.98. The van der Waals surface area contributed by atoms with E-state index in [9.17, 15) is 0 Å². The second-order valence-electron chi connectivity index (χ2n) is 4.35. The zero-order chi connectivity index (χ0) is 14.7. The predicted octanol–water partition coefficient (Wildman–Crippen LogP) is 5.45. The lowest BCUT2D eigenvalue weighted by atomic mass is 10.2. The molecule has 0 unspecified atom stereocenters. The van der Waals surface area contributed by atoms with Crippen LogP contribution in [0.3, 0.4) is 0 Å². The highest BCUT2D eigenvalue weighted by Gasteiger charge is 2.12. The molecular formula is C14H14Br2ClN3. The van der Waals surface area contributed by atoms with E-state index in [0.29, 0.717) is 10.8 Å². The summed E-state index contributed by atoms with van der Waals surface area (Å²) < 4.78 is 1.79. The van der Waals surface area contributed by atoms with Crippen LogP contribution in [0.25, 0.3) is 11.4 Å². The summed E-state index contributed by atoms with van der Waals surface area (Å²) in [4.78, 5) is 9.12. The second-order valence-corrected chi connectivity index (χ2v) is 6.43. The minimum atomic E-state index is 0.674. The Bertz CT molecular complexity index is 632. The molecule has 6 heteroatoms.